The lowest BCUT2D eigenvalue weighted by atomic mass is 9.88. The van der Waals surface area contributed by atoms with Gasteiger partial charge in [0.25, 0.3) is 0 Å². The Morgan fingerprint density at radius 2 is 1.89 bits per heavy atom. The third kappa shape index (κ3) is 1.86. The van der Waals surface area contributed by atoms with Crippen LogP contribution in [0.4, 0.5) is 4.79 Å². The number of barbiturate groups is 1. The second-order valence-corrected chi connectivity index (χ2v) is 6.47. The second-order valence-electron chi connectivity index (χ2n) is 6.47. The zero-order valence-corrected chi connectivity index (χ0v) is 11.4. The van der Waals surface area contributed by atoms with Crippen molar-refractivity contribution >= 4 is 17.8 Å². The number of imide groups is 2. The molecule has 0 spiro atoms. The SMILES string of the molecule is CC(C)C1C(=O)NC(=O)N(C2CC3CCC2C3)C1=O. The molecule has 4 amide bonds. The van der Waals surface area contributed by atoms with E-state index < -0.39 is 17.9 Å². The number of hydrogen-bond donors (Lipinski definition) is 1. The fraction of sp³-hybridized carbons (Fsp3) is 0.786. The summed E-state index contributed by atoms with van der Waals surface area (Å²) in [5.41, 5.74) is 0. The van der Waals surface area contributed by atoms with E-state index in [9.17, 15) is 14.4 Å². The maximum Gasteiger partial charge on any atom is 0.331 e. The van der Waals surface area contributed by atoms with Gasteiger partial charge in [0, 0.05) is 6.04 Å². The van der Waals surface area contributed by atoms with Crippen LogP contribution in [0.1, 0.15) is 39.5 Å². The molecule has 3 rings (SSSR count). The number of amides is 4. The molecule has 2 saturated carbocycles. The summed E-state index contributed by atoms with van der Waals surface area (Å²) in [4.78, 5) is 37.7. The van der Waals surface area contributed by atoms with E-state index in [1.165, 1.54) is 11.3 Å². The van der Waals surface area contributed by atoms with Crippen LogP contribution < -0.4 is 5.32 Å². The van der Waals surface area contributed by atoms with Gasteiger partial charge in [-0.05, 0) is 37.0 Å². The zero-order valence-electron chi connectivity index (χ0n) is 11.4. The van der Waals surface area contributed by atoms with E-state index in [4.69, 9.17) is 0 Å². The van der Waals surface area contributed by atoms with Gasteiger partial charge in [-0.3, -0.25) is 19.8 Å². The molecule has 2 aliphatic carbocycles. The summed E-state index contributed by atoms with van der Waals surface area (Å²) in [5, 5.41) is 2.35. The van der Waals surface area contributed by atoms with Crippen molar-refractivity contribution in [2.24, 2.45) is 23.7 Å². The van der Waals surface area contributed by atoms with Gasteiger partial charge in [-0.25, -0.2) is 4.79 Å². The summed E-state index contributed by atoms with van der Waals surface area (Å²) in [6, 6.07) is -0.495. The number of rotatable bonds is 2. The molecule has 2 bridgehead atoms. The molecule has 1 heterocycles. The lowest BCUT2D eigenvalue weighted by Crippen LogP contribution is -2.62. The molecule has 0 aromatic heterocycles. The standard InChI is InChI=1S/C14H20N2O3/c1-7(2)11-12(17)15-14(19)16(13(11)18)10-6-8-3-4-9(10)5-8/h7-11H,3-6H2,1-2H3,(H,15,17,19). The average Bonchev–Trinajstić information content (AvgIpc) is 2.89. The third-order valence-electron chi connectivity index (χ3n) is 4.93. The van der Waals surface area contributed by atoms with Gasteiger partial charge in [0.2, 0.25) is 11.8 Å². The van der Waals surface area contributed by atoms with Crippen LogP contribution >= 0.6 is 0 Å². The molecular weight excluding hydrogens is 244 g/mol. The Labute approximate surface area is 112 Å². The Kier molecular flexibility index (Phi) is 2.87. The molecule has 3 fully saturated rings. The molecule has 5 nitrogen and oxygen atoms in total. The Bertz CT molecular complexity index is 446. The first-order valence-electron chi connectivity index (χ1n) is 7.17. The molecule has 4 atom stereocenters. The molecule has 0 radical (unpaired) electrons. The second kappa shape index (κ2) is 4.32. The van der Waals surface area contributed by atoms with Crippen LogP contribution in [0.2, 0.25) is 0 Å². The van der Waals surface area contributed by atoms with Crippen molar-refractivity contribution in [1.82, 2.24) is 10.2 Å². The van der Waals surface area contributed by atoms with Crippen LogP contribution in [0.5, 0.6) is 0 Å². The van der Waals surface area contributed by atoms with E-state index in [1.807, 2.05) is 13.8 Å². The van der Waals surface area contributed by atoms with Crippen molar-refractivity contribution in [2.45, 2.75) is 45.6 Å². The average molecular weight is 264 g/mol. The van der Waals surface area contributed by atoms with Crippen LogP contribution in [0, 0.1) is 23.7 Å². The number of hydrogen-bond acceptors (Lipinski definition) is 3. The van der Waals surface area contributed by atoms with Crippen LogP contribution in [-0.4, -0.2) is 28.8 Å². The largest absolute Gasteiger partial charge is 0.331 e. The van der Waals surface area contributed by atoms with Crippen molar-refractivity contribution < 1.29 is 14.4 Å². The number of fused-ring (bicyclic) bond motifs is 2. The zero-order chi connectivity index (χ0) is 13.7. The monoisotopic (exact) mass is 264 g/mol. The van der Waals surface area contributed by atoms with E-state index >= 15 is 0 Å². The number of carbonyl (C=O) groups is 3. The van der Waals surface area contributed by atoms with E-state index in [-0.39, 0.29) is 17.9 Å². The highest BCUT2D eigenvalue weighted by atomic mass is 16.2. The molecule has 5 heteroatoms. The Morgan fingerprint density at radius 3 is 2.42 bits per heavy atom. The van der Waals surface area contributed by atoms with Crippen LogP contribution in [0.3, 0.4) is 0 Å². The maximum atomic E-state index is 12.5. The summed E-state index contributed by atoms with van der Waals surface area (Å²) >= 11 is 0. The van der Waals surface area contributed by atoms with Gasteiger partial charge in [0.05, 0.1) is 0 Å². The predicted molar refractivity (Wildman–Crippen MR) is 67.9 cm³/mol. The van der Waals surface area contributed by atoms with Gasteiger partial charge in [-0.2, -0.15) is 0 Å². The molecule has 4 unspecified atom stereocenters. The fourth-order valence-electron chi connectivity index (χ4n) is 4.03. The van der Waals surface area contributed by atoms with Crippen LogP contribution in [0.15, 0.2) is 0 Å². The van der Waals surface area contributed by atoms with E-state index in [1.54, 1.807) is 0 Å². The van der Waals surface area contributed by atoms with Gasteiger partial charge in [-0.1, -0.05) is 20.3 Å². The maximum absolute atomic E-state index is 12.5. The first-order chi connectivity index (χ1) is 8.99. The van der Waals surface area contributed by atoms with Crippen molar-refractivity contribution in [3.05, 3.63) is 0 Å². The van der Waals surface area contributed by atoms with Gasteiger partial charge in [-0.15, -0.1) is 0 Å². The fourth-order valence-corrected chi connectivity index (χ4v) is 4.03. The topological polar surface area (TPSA) is 66.5 Å². The third-order valence-corrected chi connectivity index (χ3v) is 4.93. The van der Waals surface area contributed by atoms with Gasteiger partial charge in [0.15, 0.2) is 0 Å². The summed E-state index contributed by atoms with van der Waals surface area (Å²) < 4.78 is 0. The summed E-state index contributed by atoms with van der Waals surface area (Å²) in [5.74, 6) is -0.421. The van der Waals surface area contributed by atoms with Crippen LogP contribution in [0.25, 0.3) is 0 Å². The normalized spacial score (nSPS) is 38.3. The van der Waals surface area contributed by atoms with Crippen molar-refractivity contribution in [1.29, 1.82) is 0 Å². The lowest BCUT2D eigenvalue weighted by Gasteiger charge is -2.38. The Morgan fingerprint density at radius 1 is 1.16 bits per heavy atom. The first-order valence-corrected chi connectivity index (χ1v) is 7.17. The Hall–Kier alpha value is -1.39. The van der Waals surface area contributed by atoms with Gasteiger partial charge < -0.3 is 0 Å². The van der Waals surface area contributed by atoms with Crippen molar-refractivity contribution in [3.8, 4) is 0 Å². The van der Waals surface area contributed by atoms with E-state index in [0.717, 1.165) is 19.3 Å². The van der Waals surface area contributed by atoms with Gasteiger partial charge in [0.1, 0.15) is 5.92 Å². The summed E-state index contributed by atoms with van der Waals surface area (Å²) in [6.07, 6.45) is 4.37. The number of carbonyl (C=O) groups excluding carboxylic acids is 3. The predicted octanol–water partition coefficient (Wildman–Crippen LogP) is 1.53. The Balaban J connectivity index is 1.85. The molecule has 1 aliphatic heterocycles. The molecule has 0 aromatic rings. The highest BCUT2D eigenvalue weighted by Crippen LogP contribution is 2.47. The molecule has 1 N–H and O–H groups in total. The molecular formula is C14H20N2O3. The van der Waals surface area contributed by atoms with E-state index in [0.29, 0.717) is 11.8 Å². The van der Waals surface area contributed by atoms with Crippen molar-refractivity contribution in [2.75, 3.05) is 0 Å². The van der Waals surface area contributed by atoms with Gasteiger partial charge >= 0.3 is 6.03 Å². The number of nitrogens with one attached hydrogen (secondary N) is 1. The minimum absolute atomic E-state index is 0.0144. The molecule has 3 aliphatic rings. The lowest BCUT2D eigenvalue weighted by molar-refractivity contribution is -0.146. The minimum Gasteiger partial charge on any atom is -0.277 e. The molecule has 19 heavy (non-hydrogen) atoms. The smallest absolute Gasteiger partial charge is 0.277 e. The number of urea groups is 1. The highest BCUT2D eigenvalue weighted by molar-refractivity contribution is 6.16. The molecule has 1 saturated heterocycles. The van der Waals surface area contributed by atoms with Crippen molar-refractivity contribution in [3.63, 3.8) is 0 Å². The molecule has 104 valence electrons. The molecule has 0 aromatic carbocycles. The highest BCUT2D eigenvalue weighted by Gasteiger charge is 2.51. The van der Waals surface area contributed by atoms with Crippen LogP contribution in [-0.2, 0) is 9.59 Å². The minimum atomic E-state index is -0.711. The first kappa shape index (κ1) is 12.6. The summed E-state index contributed by atoms with van der Waals surface area (Å²) in [7, 11) is 0. The van der Waals surface area contributed by atoms with E-state index in [2.05, 4.69) is 5.32 Å². The summed E-state index contributed by atoms with van der Waals surface area (Å²) in [6.45, 7) is 3.69. The number of nitrogens with zero attached hydrogens (tertiary/aromatic N) is 1. The quantitative estimate of drug-likeness (QED) is 0.769.